The summed E-state index contributed by atoms with van der Waals surface area (Å²) < 4.78 is 39.4. The summed E-state index contributed by atoms with van der Waals surface area (Å²) in [5.41, 5.74) is 5.24. The summed E-state index contributed by atoms with van der Waals surface area (Å²) in [7, 11) is 0. The number of nitrogens with zero attached hydrogens (tertiary/aromatic N) is 1. The highest BCUT2D eigenvalue weighted by atomic mass is 32.1. The Morgan fingerprint density at radius 2 is 2.31 bits per heavy atom. The lowest BCUT2D eigenvalue weighted by atomic mass is 10.4. The van der Waals surface area contributed by atoms with Gasteiger partial charge in [0, 0.05) is 11.1 Å². The first-order chi connectivity index (χ1) is 7.29. The first-order valence-corrected chi connectivity index (χ1v) is 5.05. The lowest BCUT2D eigenvalue weighted by Crippen LogP contribution is -2.35. The Balaban J connectivity index is 2.48. The lowest BCUT2D eigenvalue weighted by molar-refractivity contribution is -0.204. The predicted octanol–water partition coefficient (Wildman–Crippen LogP) is 1.38. The third-order valence-corrected chi connectivity index (χ3v) is 2.47. The molecule has 16 heavy (non-hydrogen) atoms. The van der Waals surface area contributed by atoms with Crippen LogP contribution in [0.5, 0.6) is 0 Å². The Kier molecular flexibility index (Phi) is 3.87. The molecule has 0 saturated carbocycles. The maximum atomic E-state index is 11.8. The number of carbonyl (C=O) groups excluding carboxylic acids is 1. The van der Waals surface area contributed by atoms with Crippen molar-refractivity contribution in [1.82, 2.24) is 4.98 Å². The van der Waals surface area contributed by atoms with Crippen molar-refractivity contribution in [3.05, 3.63) is 16.1 Å². The van der Waals surface area contributed by atoms with Crippen LogP contribution in [0, 0.1) is 6.92 Å². The van der Waals surface area contributed by atoms with Crippen molar-refractivity contribution in [2.75, 3.05) is 0 Å². The highest BCUT2D eigenvalue weighted by molar-refractivity contribution is 7.11. The number of aromatic nitrogens is 1. The summed E-state index contributed by atoms with van der Waals surface area (Å²) in [4.78, 5) is 15.2. The van der Waals surface area contributed by atoms with Gasteiger partial charge in [0.25, 0.3) is 0 Å². The van der Waals surface area contributed by atoms with Crippen LogP contribution < -0.4 is 5.73 Å². The Morgan fingerprint density at radius 1 is 1.69 bits per heavy atom. The number of carbonyl (C=O) groups is 1. The van der Waals surface area contributed by atoms with E-state index in [1.54, 1.807) is 13.1 Å². The molecule has 0 aliphatic rings. The molecule has 0 saturated heterocycles. The number of rotatable bonds is 3. The largest absolute Gasteiger partial charge is 0.490 e. The maximum Gasteiger partial charge on any atom is 0.490 e. The van der Waals surface area contributed by atoms with Crippen LogP contribution in [0.1, 0.15) is 9.88 Å². The second kappa shape index (κ2) is 4.79. The number of nitrogens with two attached hydrogens (primary N) is 1. The molecule has 0 bridgehead atoms. The molecule has 1 aromatic rings. The number of hydrogen-bond acceptors (Lipinski definition) is 5. The van der Waals surface area contributed by atoms with Gasteiger partial charge in [-0.3, -0.25) is 5.73 Å². The van der Waals surface area contributed by atoms with E-state index in [2.05, 4.69) is 9.72 Å². The molecule has 90 valence electrons. The van der Waals surface area contributed by atoms with Gasteiger partial charge < -0.3 is 4.74 Å². The van der Waals surface area contributed by atoms with Gasteiger partial charge in [0.2, 0.25) is 0 Å². The molecule has 0 aromatic carbocycles. The second-order valence-electron chi connectivity index (χ2n) is 3.01. The Hall–Kier alpha value is -1.15. The van der Waals surface area contributed by atoms with Crippen molar-refractivity contribution < 1.29 is 22.7 Å². The fourth-order valence-electron chi connectivity index (χ4n) is 0.914. The van der Waals surface area contributed by atoms with E-state index < -0.39 is 18.4 Å². The molecule has 0 radical (unpaired) electrons. The van der Waals surface area contributed by atoms with Crippen LogP contribution in [0.4, 0.5) is 13.2 Å². The molecule has 4 nitrogen and oxygen atoms in total. The molecule has 1 atom stereocenters. The standard InChI is InChI=1S/C8H9F3N2O2S/c1-4-3-13-6(16-4)2-5(12)15-7(14)8(9,10)11/h3,5H,2,12H2,1H3. The minimum atomic E-state index is -5.02. The van der Waals surface area contributed by atoms with Crippen LogP contribution in [-0.4, -0.2) is 23.4 Å². The Morgan fingerprint density at radius 3 is 2.75 bits per heavy atom. The van der Waals surface area contributed by atoms with Crippen LogP contribution in [0.25, 0.3) is 0 Å². The normalized spacial score (nSPS) is 13.6. The van der Waals surface area contributed by atoms with Crippen molar-refractivity contribution in [1.29, 1.82) is 0 Å². The number of halogens is 3. The third kappa shape index (κ3) is 3.78. The van der Waals surface area contributed by atoms with Crippen molar-refractivity contribution in [3.8, 4) is 0 Å². The van der Waals surface area contributed by atoms with Crippen LogP contribution in [0.15, 0.2) is 6.20 Å². The molecule has 1 heterocycles. The Labute approximate surface area is 93.2 Å². The molecule has 1 unspecified atom stereocenters. The van der Waals surface area contributed by atoms with Gasteiger partial charge in [-0.15, -0.1) is 11.3 Å². The fourth-order valence-corrected chi connectivity index (χ4v) is 1.74. The smallest absolute Gasteiger partial charge is 0.440 e. The van der Waals surface area contributed by atoms with E-state index in [4.69, 9.17) is 5.73 Å². The van der Waals surface area contributed by atoms with Crippen molar-refractivity contribution in [3.63, 3.8) is 0 Å². The molecule has 1 rings (SSSR count). The molecule has 2 N–H and O–H groups in total. The number of hydrogen-bond donors (Lipinski definition) is 1. The van der Waals surface area contributed by atoms with Crippen LogP contribution in [0.3, 0.4) is 0 Å². The van der Waals surface area contributed by atoms with Gasteiger partial charge in [-0.2, -0.15) is 13.2 Å². The van der Waals surface area contributed by atoms with E-state index in [1.807, 2.05) is 0 Å². The molecule has 0 amide bonds. The quantitative estimate of drug-likeness (QED) is 0.653. The van der Waals surface area contributed by atoms with Crippen molar-refractivity contribution >= 4 is 17.3 Å². The summed E-state index contributed by atoms with van der Waals surface area (Å²) >= 11 is 1.29. The van der Waals surface area contributed by atoms with Crippen LogP contribution in [-0.2, 0) is 16.0 Å². The summed E-state index contributed by atoms with van der Waals surface area (Å²) in [5.74, 6) is -2.28. The average molecular weight is 254 g/mol. The van der Waals surface area contributed by atoms with E-state index in [0.29, 0.717) is 5.01 Å². The highest BCUT2D eigenvalue weighted by Gasteiger charge is 2.41. The van der Waals surface area contributed by atoms with Gasteiger partial charge in [0.15, 0.2) is 6.23 Å². The van der Waals surface area contributed by atoms with Crippen molar-refractivity contribution in [2.45, 2.75) is 25.7 Å². The van der Waals surface area contributed by atoms with Crippen LogP contribution >= 0.6 is 11.3 Å². The van der Waals surface area contributed by atoms with Gasteiger partial charge in [-0.05, 0) is 6.92 Å². The maximum absolute atomic E-state index is 11.8. The monoisotopic (exact) mass is 254 g/mol. The number of alkyl halides is 3. The first kappa shape index (κ1) is 12.9. The first-order valence-electron chi connectivity index (χ1n) is 4.23. The van der Waals surface area contributed by atoms with E-state index >= 15 is 0 Å². The molecular weight excluding hydrogens is 245 g/mol. The highest BCUT2D eigenvalue weighted by Crippen LogP contribution is 2.18. The third-order valence-electron chi connectivity index (χ3n) is 1.53. The summed E-state index contributed by atoms with van der Waals surface area (Å²) in [6.45, 7) is 1.80. The van der Waals surface area contributed by atoms with E-state index in [1.165, 1.54) is 11.3 Å². The minimum absolute atomic E-state index is 0.0275. The molecule has 0 fully saturated rings. The van der Waals surface area contributed by atoms with Gasteiger partial charge in [-0.25, -0.2) is 9.78 Å². The predicted molar refractivity (Wildman–Crippen MR) is 50.7 cm³/mol. The Bertz CT molecular complexity index is 378. The lowest BCUT2D eigenvalue weighted by Gasteiger charge is -2.12. The number of thiazole rings is 1. The molecule has 8 heteroatoms. The van der Waals surface area contributed by atoms with Gasteiger partial charge in [0.1, 0.15) is 0 Å². The zero-order valence-corrected chi connectivity index (χ0v) is 9.06. The van der Waals surface area contributed by atoms with Gasteiger partial charge in [0.05, 0.1) is 11.4 Å². The van der Waals surface area contributed by atoms with E-state index in [9.17, 15) is 18.0 Å². The molecule has 0 aliphatic heterocycles. The number of ether oxygens (including phenoxy) is 1. The number of aryl methyl sites for hydroxylation is 1. The minimum Gasteiger partial charge on any atom is -0.440 e. The fraction of sp³-hybridized carbons (Fsp3) is 0.500. The van der Waals surface area contributed by atoms with Crippen LogP contribution in [0.2, 0.25) is 0 Å². The topological polar surface area (TPSA) is 65.2 Å². The average Bonchev–Trinajstić information content (AvgIpc) is 2.49. The molecule has 1 aromatic heterocycles. The summed E-state index contributed by atoms with van der Waals surface area (Å²) in [6.07, 6.45) is -4.81. The summed E-state index contributed by atoms with van der Waals surface area (Å²) in [6, 6.07) is 0. The number of esters is 1. The van der Waals surface area contributed by atoms with Gasteiger partial charge in [-0.1, -0.05) is 0 Å². The van der Waals surface area contributed by atoms with Crippen molar-refractivity contribution in [2.24, 2.45) is 5.73 Å². The molecule has 0 aliphatic carbocycles. The zero-order valence-electron chi connectivity index (χ0n) is 8.25. The molecular formula is C8H9F3N2O2S. The zero-order chi connectivity index (χ0) is 12.3. The van der Waals surface area contributed by atoms with E-state index in [-0.39, 0.29) is 6.42 Å². The SMILES string of the molecule is Cc1cnc(CC(N)OC(=O)C(F)(F)F)s1. The second-order valence-corrected chi connectivity index (χ2v) is 4.33. The summed E-state index contributed by atoms with van der Waals surface area (Å²) in [5, 5.41) is 0.528. The molecule has 0 spiro atoms. The van der Waals surface area contributed by atoms with Gasteiger partial charge >= 0.3 is 12.1 Å². The van der Waals surface area contributed by atoms with E-state index in [0.717, 1.165) is 4.88 Å².